The topological polar surface area (TPSA) is 57.5 Å². The van der Waals surface area contributed by atoms with E-state index in [9.17, 15) is 9.90 Å². The van der Waals surface area contributed by atoms with Crippen molar-refractivity contribution in [2.45, 2.75) is 70.8 Å². The predicted octanol–water partition coefficient (Wildman–Crippen LogP) is 5.19. The second-order valence-electron chi connectivity index (χ2n) is 5.58. The van der Waals surface area contributed by atoms with Crippen LogP contribution in [0.25, 0.3) is 0 Å². The fourth-order valence-electron chi connectivity index (χ4n) is 1.95. The fraction of sp³-hybridized carbons (Fsp3) is 0.550. The summed E-state index contributed by atoms with van der Waals surface area (Å²) < 4.78 is 0. The summed E-state index contributed by atoms with van der Waals surface area (Å²) in [6.45, 7) is 2.21. The van der Waals surface area contributed by atoms with E-state index < -0.39 is 12.1 Å². The molecule has 0 amide bonds. The molecular weight excluding hydrogens is 288 g/mol. The van der Waals surface area contributed by atoms with E-state index in [0.717, 1.165) is 19.3 Å². The Balaban J connectivity index is 3.62. The van der Waals surface area contributed by atoms with Crippen LogP contribution in [-0.2, 0) is 4.79 Å². The summed E-state index contributed by atoms with van der Waals surface area (Å²) in [5.41, 5.74) is 0. The smallest absolute Gasteiger partial charge is 0.303 e. The maximum Gasteiger partial charge on any atom is 0.303 e. The number of allylic oxidation sites excluding steroid dienone is 6. The first kappa shape index (κ1) is 21.4. The standard InChI is InChI=1S/C20H32O3/c1-2-3-4-5-6-7-8-10-13-16-19(21)17-14-11-9-12-15-18-20(22)23/h6-7,9-11,13-14,17,19,21H,2-5,8,12,15-16,18H2,1H3,(H,22,23)/b7-6+,11-9+,13-10+,17-14+/t19-/m0/s1. The molecule has 0 aromatic rings. The van der Waals surface area contributed by atoms with Gasteiger partial charge < -0.3 is 10.2 Å². The van der Waals surface area contributed by atoms with Gasteiger partial charge in [0.25, 0.3) is 0 Å². The quantitative estimate of drug-likeness (QED) is 0.263. The molecule has 0 radical (unpaired) electrons. The third-order valence-corrected chi connectivity index (χ3v) is 3.30. The number of aliphatic carboxylic acids is 1. The minimum Gasteiger partial charge on any atom is -0.481 e. The van der Waals surface area contributed by atoms with Crippen molar-refractivity contribution in [3.05, 3.63) is 48.6 Å². The number of rotatable bonds is 14. The molecule has 0 aromatic carbocycles. The molecule has 3 heteroatoms. The van der Waals surface area contributed by atoms with Gasteiger partial charge in [0.1, 0.15) is 0 Å². The molecule has 0 aliphatic carbocycles. The second-order valence-corrected chi connectivity index (χ2v) is 5.58. The highest BCUT2D eigenvalue weighted by Gasteiger charge is 1.94. The molecule has 130 valence electrons. The summed E-state index contributed by atoms with van der Waals surface area (Å²) in [4.78, 5) is 10.3. The molecule has 0 fully saturated rings. The molecule has 0 spiro atoms. The minimum absolute atomic E-state index is 0.203. The van der Waals surface area contributed by atoms with Gasteiger partial charge in [0.05, 0.1) is 6.10 Å². The minimum atomic E-state index is -0.757. The molecule has 3 nitrogen and oxygen atoms in total. The Kier molecular flexibility index (Phi) is 15.6. The summed E-state index contributed by atoms with van der Waals surface area (Å²) in [6, 6.07) is 0. The number of hydrogen-bond donors (Lipinski definition) is 2. The van der Waals surface area contributed by atoms with Crippen LogP contribution < -0.4 is 0 Å². The van der Waals surface area contributed by atoms with E-state index in [0.29, 0.717) is 12.8 Å². The zero-order valence-corrected chi connectivity index (χ0v) is 14.4. The van der Waals surface area contributed by atoms with E-state index >= 15 is 0 Å². The number of aliphatic hydroxyl groups excluding tert-OH is 1. The van der Waals surface area contributed by atoms with Crippen molar-refractivity contribution in [1.82, 2.24) is 0 Å². The number of aliphatic hydroxyl groups is 1. The lowest BCUT2D eigenvalue weighted by Gasteiger charge is -1.98. The van der Waals surface area contributed by atoms with Gasteiger partial charge in [-0.25, -0.2) is 0 Å². The van der Waals surface area contributed by atoms with E-state index in [1.54, 1.807) is 6.08 Å². The molecule has 0 heterocycles. The highest BCUT2D eigenvalue weighted by molar-refractivity contribution is 5.66. The molecule has 2 N–H and O–H groups in total. The van der Waals surface area contributed by atoms with E-state index in [-0.39, 0.29) is 6.42 Å². The normalized spacial score (nSPS) is 13.8. The lowest BCUT2D eigenvalue weighted by atomic mass is 10.2. The lowest BCUT2D eigenvalue weighted by molar-refractivity contribution is -0.137. The van der Waals surface area contributed by atoms with Crippen molar-refractivity contribution >= 4 is 5.97 Å². The van der Waals surface area contributed by atoms with Gasteiger partial charge >= 0.3 is 5.97 Å². The molecule has 0 saturated carbocycles. The second kappa shape index (κ2) is 16.8. The molecule has 0 aliphatic heterocycles. The summed E-state index contributed by atoms with van der Waals surface area (Å²) >= 11 is 0. The van der Waals surface area contributed by atoms with Crippen LogP contribution in [0.5, 0.6) is 0 Å². The first-order chi connectivity index (χ1) is 11.2. The Bertz CT molecular complexity index is 392. The van der Waals surface area contributed by atoms with E-state index in [1.807, 2.05) is 24.3 Å². The maximum absolute atomic E-state index is 10.3. The summed E-state index contributed by atoms with van der Waals surface area (Å²) in [5, 5.41) is 18.2. The number of carbonyl (C=O) groups is 1. The summed E-state index contributed by atoms with van der Waals surface area (Å²) in [5.74, 6) is -0.757. The van der Waals surface area contributed by atoms with E-state index in [4.69, 9.17) is 5.11 Å². The van der Waals surface area contributed by atoms with Crippen molar-refractivity contribution in [2.24, 2.45) is 0 Å². The molecule has 0 unspecified atom stereocenters. The molecule has 1 atom stereocenters. The zero-order chi connectivity index (χ0) is 17.2. The van der Waals surface area contributed by atoms with Crippen LogP contribution in [0.2, 0.25) is 0 Å². The van der Waals surface area contributed by atoms with Gasteiger partial charge in [-0.15, -0.1) is 0 Å². The largest absolute Gasteiger partial charge is 0.481 e. The number of unbranched alkanes of at least 4 members (excludes halogenated alkanes) is 4. The highest BCUT2D eigenvalue weighted by atomic mass is 16.4. The van der Waals surface area contributed by atoms with Crippen LogP contribution in [0.15, 0.2) is 48.6 Å². The van der Waals surface area contributed by atoms with Crippen LogP contribution in [-0.4, -0.2) is 22.3 Å². The van der Waals surface area contributed by atoms with E-state index in [1.165, 1.54) is 19.3 Å². The van der Waals surface area contributed by atoms with Crippen LogP contribution in [0.3, 0.4) is 0 Å². The van der Waals surface area contributed by atoms with Crippen molar-refractivity contribution in [2.75, 3.05) is 0 Å². The molecule has 0 aliphatic rings. The monoisotopic (exact) mass is 320 g/mol. The average molecular weight is 320 g/mol. The van der Waals surface area contributed by atoms with Gasteiger partial charge in [-0.05, 0) is 38.5 Å². The Labute approximate surface area is 141 Å². The van der Waals surface area contributed by atoms with Gasteiger partial charge in [0.15, 0.2) is 0 Å². The van der Waals surface area contributed by atoms with Crippen LogP contribution in [0.1, 0.15) is 64.7 Å². The van der Waals surface area contributed by atoms with Crippen molar-refractivity contribution in [3.63, 3.8) is 0 Å². The van der Waals surface area contributed by atoms with Gasteiger partial charge in [-0.1, -0.05) is 68.4 Å². The predicted molar refractivity (Wildman–Crippen MR) is 97.4 cm³/mol. The first-order valence-corrected chi connectivity index (χ1v) is 8.70. The maximum atomic E-state index is 10.3. The Morgan fingerprint density at radius 3 is 2.43 bits per heavy atom. The van der Waals surface area contributed by atoms with Gasteiger partial charge in [-0.2, -0.15) is 0 Å². The molecule has 0 saturated heterocycles. The SMILES string of the molecule is CCCCC/C=C/C/C=C/C[C@H](O)/C=C/C=C/CCCC(=O)O. The van der Waals surface area contributed by atoms with Crippen LogP contribution in [0.4, 0.5) is 0 Å². The molecule has 0 aromatic heterocycles. The average Bonchev–Trinajstić information content (AvgIpc) is 2.52. The third kappa shape index (κ3) is 18.3. The van der Waals surface area contributed by atoms with Gasteiger partial charge in [-0.3, -0.25) is 4.79 Å². The Morgan fingerprint density at radius 1 is 0.957 bits per heavy atom. The molecule has 0 bridgehead atoms. The van der Waals surface area contributed by atoms with Gasteiger partial charge in [0, 0.05) is 6.42 Å². The Morgan fingerprint density at radius 2 is 1.70 bits per heavy atom. The number of hydrogen-bond acceptors (Lipinski definition) is 2. The fourth-order valence-corrected chi connectivity index (χ4v) is 1.95. The molecule has 0 rings (SSSR count). The highest BCUT2D eigenvalue weighted by Crippen LogP contribution is 2.02. The van der Waals surface area contributed by atoms with Crippen molar-refractivity contribution in [3.8, 4) is 0 Å². The Hall–Kier alpha value is -1.61. The summed E-state index contributed by atoms with van der Waals surface area (Å²) in [7, 11) is 0. The van der Waals surface area contributed by atoms with Gasteiger partial charge in [0.2, 0.25) is 0 Å². The van der Waals surface area contributed by atoms with Crippen molar-refractivity contribution < 1.29 is 15.0 Å². The molecule has 23 heavy (non-hydrogen) atoms. The lowest BCUT2D eigenvalue weighted by Crippen LogP contribution is -1.98. The van der Waals surface area contributed by atoms with Crippen molar-refractivity contribution in [1.29, 1.82) is 0 Å². The van der Waals surface area contributed by atoms with Crippen LogP contribution in [0, 0.1) is 0 Å². The zero-order valence-electron chi connectivity index (χ0n) is 14.4. The third-order valence-electron chi connectivity index (χ3n) is 3.30. The van der Waals surface area contributed by atoms with Crippen LogP contribution >= 0.6 is 0 Å². The first-order valence-electron chi connectivity index (χ1n) is 8.70. The molecular formula is C20H32O3. The summed E-state index contributed by atoms with van der Waals surface area (Å²) in [6.07, 6.45) is 23.5. The van der Waals surface area contributed by atoms with E-state index in [2.05, 4.69) is 25.2 Å². The number of carboxylic acid groups (broad SMARTS) is 1. The number of carboxylic acids is 1.